The van der Waals surface area contributed by atoms with Crippen molar-refractivity contribution in [2.45, 2.75) is 25.6 Å². The third kappa shape index (κ3) is 2.28. The average molecular weight is 291 g/mol. The molecular weight excluding hydrogens is 275 g/mol. The van der Waals surface area contributed by atoms with Gasteiger partial charge in [-0.25, -0.2) is 0 Å². The highest BCUT2D eigenvalue weighted by atomic mass is 19.4. The first-order valence-electron chi connectivity index (χ1n) is 6.20. The molecule has 0 spiro atoms. The van der Waals surface area contributed by atoms with E-state index >= 15 is 0 Å². The summed E-state index contributed by atoms with van der Waals surface area (Å²) in [6.07, 6.45) is -1.86. The van der Waals surface area contributed by atoms with Gasteiger partial charge in [0.05, 0.1) is 6.20 Å². The van der Waals surface area contributed by atoms with E-state index < -0.39 is 30.5 Å². The Balaban J connectivity index is 2.21. The molecule has 0 saturated carbocycles. The topological polar surface area (TPSA) is 58.4 Å². The van der Waals surface area contributed by atoms with Crippen LogP contribution < -0.4 is 0 Å². The highest BCUT2D eigenvalue weighted by Gasteiger charge is 2.63. The van der Waals surface area contributed by atoms with E-state index in [2.05, 4.69) is 5.10 Å². The summed E-state index contributed by atoms with van der Waals surface area (Å²) in [7, 11) is 1.72. The van der Waals surface area contributed by atoms with Gasteiger partial charge < -0.3 is 5.11 Å². The summed E-state index contributed by atoms with van der Waals surface area (Å²) in [6, 6.07) is -0.299. The number of likely N-dealkylation sites (tertiary alicyclic amines) is 1. The molecule has 0 radical (unpaired) electrons. The predicted octanol–water partition coefficient (Wildman–Crippen LogP) is 1.82. The maximum atomic E-state index is 13.1. The Morgan fingerprint density at radius 1 is 1.55 bits per heavy atom. The predicted molar refractivity (Wildman–Crippen MR) is 63.9 cm³/mol. The van der Waals surface area contributed by atoms with Crippen LogP contribution in [0.2, 0.25) is 0 Å². The van der Waals surface area contributed by atoms with Crippen molar-refractivity contribution >= 4 is 5.97 Å². The first kappa shape index (κ1) is 14.8. The minimum absolute atomic E-state index is 0.0991. The number of aryl methyl sites for hydroxylation is 1. The summed E-state index contributed by atoms with van der Waals surface area (Å²) in [5, 5.41) is 13.0. The summed E-state index contributed by atoms with van der Waals surface area (Å²) in [4.78, 5) is 12.7. The number of nitrogens with zero attached hydrogens (tertiary/aromatic N) is 3. The van der Waals surface area contributed by atoms with Gasteiger partial charge in [0.1, 0.15) is 0 Å². The number of aliphatic carboxylic acids is 1. The Morgan fingerprint density at radius 2 is 2.20 bits per heavy atom. The number of halogens is 3. The summed E-state index contributed by atoms with van der Waals surface area (Å²) >= 11 is 0. The van der Waals surface area contributed by atoms with Crippen LogP contribution in [-0.2, 0) is 11.8 Å². The van der Waals surface area contributed by atoms with E-state index in [0.29, 0.717) is 0 Å². The van der Waals surface area contributed by atoms with Crippen molar-refractivity contribution in [2.24, 2.45) is 12.5 Å². The monoisotopic (exact) mass is 291 g/mol. The second-order valence-corrected chi connectivity index (χ2v) is 5.23. The number of carboxylic acids is 1. The molecule has 0 amide bonds. The lowest BCUT2D eigenvalue weighted by molar-refractivity contribution is -0.227. The van der Waals surface area contributed by atoms with Crippen LogP contribution in [0.3, 0.4) is 0 Å². The maximum absolute atomic E-state index is 13.1. The van der Waals surface area contributed by atoms with Gasteiger partial charge in [-0.1, -0.05) is 0 Å². The zero-order valence-electron chi connectivity index (χ0n) is 11.2. The van der Waals surface area contributed by atoms with E-state index in [9.17, 15) is 18.0 Å². The Kier molecular flexibility index (Phi) is 3.53. The Morgan fingerprint density at radius 3 is 2.60 bits per heavy atom. The number of aromatic nitrogens is 2. The van der Waals surface area contributed by atoms with Crippen LogP contribution in [0.25, 0.3) is 0 Å². The number of rotatable bonds is 3. The normalized spacial score (nSPS) is 25.9. The summed E-state index contributed by atoms with van der Waals surface area (Å²) in [6.45, 7) is 1.33. The fourth-order valence-electron chi connectivity index (χ4n) is 2.56. The molecule has 20 heavy (non-hydrogen) atoms. The van der Waals surface area contributed by atoms with Crippen molar-refractivity contribution < 1.29 is 23.1 Å². The number of alkyl halides is 3. The second kappa shape index (κ2) is 4.76. The van der Waals surface area contributed by atoms with Crippen molar-refractivity contribution in [3.63, 3.8) is 0 Å². The molecule has 1 aliphatic rings. The van der Waals surface area contributed by atoms with E-state index in [1.165, 1.54) is 0 Å². The van der Waals surface area contributed by atoms with Gasteiger partial charge in [-0.05, 0) is 13.3 Å². The van der Waals surface area contributed by atoms with E-state index in [1.54, 1.807) is 35.9 Å². The zero-order valence-corrected chi connectivity index (χ0v) is 11.2. The summed E-state index contributed by atoms with van der Waals surface area (Å²) < 4.78 is 40.8. The van der Waals surface area contributed by atoms with Crippen LogP contribution in [0.1, 0.15) is 24.9 Å². The van der Waals surface area contributed by atoms with Gasteiger partial charge in [-0.2, -0.15) is 18.3 Å². The van der Waals surface area contributed by atoms with Crippen molar-refractivity contribution in [1.82, 2.24) is 14.7 Å². The van der Waals surface area contributed by atoms with Crippen LogP contribution in [0.5, 0.6) is 0 Å². The number of carbonyl (C=O) groups is 1. The number of hydrogen-bond donors (Lipinski definition) is 1. The summed E-state index contributed by atoms with van der Waals surface area (Å²) in [5.74, 6) is -1.80. The van der Waals surface area contributed by atoms with Crippen LogP contribution in [0, 0.1) is 5.41 Å². The van der Waals surface area contributed by atoms with Crippen LogP contribution in [-0.4, -0.2) is 45.0 Å². The van der Waals surface area contributed by atoms with Crippen molar-refractivity contribution in [1.29, 1.82) is 0 Å². The highest BCUT2D eigenvalue weighted by Crippen LogP contribution is 2.47. The van der Waals surface area contributed by atoms with Crippen LogP contribution in [0.4, 0.5) is 13.2 Å². The van der Waals surface area contributed by atoms with Crippen molar-refractivity contribution in [3.05, 3.63) is 18.0 Å². The lowest BCUT2D eigenvalue weighted by Crippen LogP contribution is -2.47. The third-order valence-electron chi connectivity index (χ3n) is 4.01. The molecule has 1 saturated heterocycles. The Bertz CT molecular complexity index is 514. The van der Waals surface area contributed by atoms with Gasteiger partial charge in [0.2, 0.25) is 0 Å². The van der Waals surface area contributed by atoms with Crippen LogP contribution in [0.15, 0.2) is 12.4 Å². The number of hydrogen-bond acceptors (Lipinski definition) is 3. The molecule has 0 aliphatic carbocycles. The third-order valence-corrected chi connectivity index (χ3v) is 4.01. The molecule has 1 aromatic heterocycles. The van der Waals surface area contributed by atoms with E-state index in [0.717, 1.165) is 5.56 Å². The summed E-state index contributed by atoms with van der Waals surface area (Å²) in [5.41, 5.74) is -1.89. The quantitative estimate of drug-likeness (QED) is 0.923. The fraction of sp³-hybridized carbons (Fsp3) is 0.667. The molecular formula is C12H16F3N3O2. The van der Waals surface area contributed by atoms with Gasteiger partial charge in [0, 0.05) is 37.9 Å². The Hall–Kier alpha value is -1.57. The van der Waals surface area contributed by atoms with Crippen molar-refractivity contribution in [2.75, 3.05) is 13.1 Å². The molecule has 2 heterocycles. The van der Waals surface area contributed by atoms with Gasteiger partial charge >= 0.3 is 12.1 Å². The molecule has 0 aromatic carbocycles. The molecule has 2 unspecified atom stereocenters. The lowest BCUT2D eigenvalue weighted by Gasteiger charge is -2.29. The molecule has 0 bridgehead atoms. The molecule has 112 valence electrons. The van der Waals surface area contributed by atoms with Gasteiger partial charge in [0.25, 0.3) is 0 Å². The average Bonchev–Trinajstić information content (AvgIpc) is 2.93. The zero-order chi connectivity index (χ0) is 15.1. The van der Waals surface area contributed by atoms with Gasteiger partial charge in [-0.15, -0.1) is 0 Å². The molecule has 8 heteroatoms. The lowest BCUT2D eigenvalue weighted by atomic mass is 9.86. The fourth-order valence-corrected chi connectivity index (χ4v) is 2.56. The second-order valence-electron chi connectivity index (χ2n) is 5.23. The number of carboxylic acid groups (broad SMARTS) is 1. The SMILES string of the molecule is CC(c1cnn(C)c1)N1CCC(C(=O)O)(C(F)(F)F)C1. The first-order chi connectivity index (χ1) is 9.17. The van der Waals surface area contributed by atoms with Gasteiger partial charge in [0.15, 0.2) is 5.41 Å². The van der Waals surface area contributed by atoms with Crippen molar-refractivity contribution in [3.8, 4) is 0 Å². The van der Waals surface area contributed by atoms with Crippen LogP contribution >= 0.6 is 0 Å². The smallest absolute Gasteiger partial charge is 0.406 e. The maximum Gasteiger partial charge on any atom is 0.406 e. The first-order valence-corrected chi connectivity index (χ1v) is 6.20. The Labute approximate surface area is 114 Å². The molecule has 2 rings (SSSR count). The molecule has 1 fully saturated rings. The molecule has 5 nitrogen and oxygen atoms in total. The van der Waals surface area contributed by atoms with E-state index in [-0.39, 0.29) is 12.6 Å². The minimum atomic E-state index is -4.75. The van der Waals surface area contributed by atoms with E-state index in [4.69, 9.17) is 5.11 Å². The molecule has 1 aromatic rings. The highest BCUT2D eigenvalue weighted by molar-refractivity contribution is 5.76. The van der Waals surface area contributed by atoms with Gasteiger partial charge in [-0.3, -0.25) is 14.4 Å². The molecule has 1 N–H and O–H groups in total. The molecule has 2 atom stereocenters. The minimum Gasteiger partial charge on any atom is -0.481 e. The largest absolute Gasteiger partial charge is 0.481 e. The standard InChI is InChI=1S/C12H16F3N3O2/c1-8(9-5-16-17(2)6-9)18-4-3-11(7-18,10(19)20)12(13,14)15/h5-6,8H,3-4,7H2,1-2H3,(H,19,20). The molecule has 1 aliphatic heterocycles. The van der Waals surface area contributed by atoms with E-state index in [1.807, 2.05) is 0 Å².